The molecule has 3 amide bonds. The van der Waals surface area contributed by atoms with Gasteiger partial charge in [-0.2, -0.15) is 5.26 Å². The molecule has 0 spiro atoms. The Morgan fingerprint density at radius 3 is 2.15 bits per heavy atom. The van der Waals surface area contributed by atoms with E-state index in [4.69, 9.17) is 9.47 Å². The van der Waals surface area contributed by atoms with Crippen LogP contribution in [0.15, 0.2) is 64.5 Å². The van der Waals surface area contributed by atoms with Crippen molar-refractivity contribution in [3.05, 3.63) is 103 Å². The van der Waals surface area contributed by atoms with Gasteiger partial charge in [0.15, 0.2) is 0 Å². The summed E-state index contributed by atoms with van der Waals surface area (Å²) < 4.78 is 13.4. The lowest BCUT2D eigenvalue weighted by Gasteiger charge is -2.39. The number of aromatic nitrogens is 2. The van der Waals surface area contributed by atoms with E-state index in [1.807, 2.05) is 64.2 Å². The third kappa shape index (κ3) is 10.0. The topological polar surface area (TPSA) is 141 Å². The minimum atomic E-state index is -0.456. The molecule has 1 fully saturated rings. The Kier molecular flexibility index (Phi) is 15.6. The molecule has 13 nitrogen and oxygen atoms in total. The number of imide groups is 1. The van der Waals surface area contributed by atoms with Crippen molar-refractivity contribution < 1.29 is 23.9 Å². The molecule has 14 heteroatoms. The molecule has 1 aliphatic rings. The van der Waals surface area contributed by atoms with Crippen LogP contribution in [0.25, 0.3) is 17.2 Å². The maximum Gasteiger partial charge on any atom is 0.264 e. The van der Waals surface area contributed by atoms with Gasteiger partial charge in [0.2, 0.25) is 5.91 Å². The van der Waals surface area contributed by atoms with Crippen molar-refractivity contribution in [2.45, 2.75) is 72.0 Å². The fourth-order valence-corrected chi connectivity index (χ4v) is 8.45. The van der Waals surface area contributed by atoms with Crippen LogP contribution in [0.1, 0.15) is 83.2 Å². The number of hydrogen-bond donors (Lipinski definition) is 0. The second-order valence-electron chi connectivity index (χ2n) is 15.3. The van der Waals surface area contributed by atoms with Crippen LogP contribution in [0.4, 0.5) is 0 Å². The average Bonchev–Trinajstić information content (AvgIpc) is 3.79. The molecule has 1 aliphatic heterocycles. The molecule has 2 unspecified atom stereocenters. The molecular weight excluding hydrogens is 779 g/mol. The van der Waals surface area contributed by atoms with Crippen molar-refractivity contribution in [3.8, 4) is 28.7 Å². The Morgan fingerprint density at radius 1 is 0.967 bits per heavy atom. The number of nitrogens with zero attached hydrogens (tertiary/aromatic N) is 7. The third-order valence-corrected chi connectivity index (χ3v) is 12.2. The highest BCUT2D eigenvalue weighted by Crippen LogP contribution is 2.37. The predicted octanol–water partition coefficient (Wildman–Crippen LogP) is 6.63. The fraction of sp³-hybridized carbons (Fsp3) is 0.435. The molecule has 0 aliphatic carbocycles. The lowest BCUT2D eigenvalue weighted by Crippen LogP contribution is -2.55. The standard InChI is InChI=1S/C46H57N7O6S/c1-10-12-38(50(6)45(56)35(27-47)26-42-48-18-23-60-42)32-14-16-33(17-15-32)44(55)51(7)46(57)39(13-11-2)53-21-19-52(20-22-53)29-37-40(58-8)24-34(25-41(37)59-9)36-28-49(5)43(54)31(4)30(36)3/h14-18,23-26,28,38-39H,10-13,19-22,29H2,1-9H3/b35-26+. The predicted molar refractivity (Wildman–Crippen MR) is 235 cm³/mol. The SMILES string of the molecule is CCCC(C(=O)N(C)C(=O)c1ccc(C(CCC)N(C)C(=O)/C(C#N)=C/c2nccs2)cc1)N1CCN(Cc2c(OC)cc(-c3cn(C)c(=O)c(C)c3C)cc2OC)CC1. The van der Waals surface area contributed by atoms with Crippen LogP contribution >= 0.6 is 11.3 Å². The second-order valence-corrected chi connectivity index (χ2v) is 16.2. The maximum absolute atomic E-state index is 14.1. The van der Waals surface area contributed by atoms with E-state index in [1.54, 1.807) is 68.5 Å². The highest BCUT2D eigenvalue weighted by atomic mass is 32.1. The first-order valence-electron chi connectivity index (χ1n) is 20.4. The Balaban J connectivity index is 1.25. The van der Waals surface area contributed by atoms with E-state index >= 15 is 0 Å². The first kappa shape index (κ1) is 45.5. The van der Waals surface area contributed by atoms with Gasteiger partial charge >= 0.3 is 0 Å². The zero-order valence-corrected chi connectivity index (χ0v) is 37.1. The van der Waals surface area contributed by atoms with E-state index in [0.717, 1.165) is 40.7 Å². The second kappa shape index (κ2) is 20.6. The Bertz CT molecular complexity index is 2260. The number of amides is 3. The van der Waals surface area contributed by atoms with Gasteiger partial charge < -0.3 is 18.9 Å². The summed E-state index contributed by atoms with van der Waals surface area (Å²) in [6, 6.07) is 12.3. The fourth-order valence-electron chi connectivity index (χ4n) is 7.88. The first-order valence-corrected chi connectivity index (χ1v) is 21.2. The maximum atomic E-state index is 14.1. The summed E-state index contributed by atoms with van der Waals surface area (Å²) in [7, 11) is 8.27. The number of carbonyl (C=O) groups excluding carboxylic acids is 3. The minimum Gasteiger partial charge on any atom is -0.496 e. The molecule has 1 saturated heterocycles. The number of pyridine rings is 1. The van der Waals surface area contributed by atoms with E-state index in [0.29, 0.717) is 73.2 Å². The van der Waals surface area contributed by atoms with Crippen molar-refractivity contribution in [1.82, 2.24) is 29.2 Å². The van der Waals surface area contributed by atoms with Crippen LogP contribution in [0.3, 0.4) is 0 Å². The minimum absolute atomic E-state index is 0.000551. The number of rotatable bonds is 16. The largest absolute Gasteiger partial charge is 0.496 e. The zero-order valence-electron chi connectivity index (χ0n) is 36.3. The van der Waals surface area contributed by atoms with Gasteiger partial charge in [-0.05, 0) is 73.7 Å². The van der Waals surface area contributed by atoms with Gasteiger partial charge in [0.25, 0.3) is 17.4 Å². The lowest BCUT2D eigenvalue weighted by molar-refractivity contribution is -0.134. The number of hydrogen-bond acceptors (Lipinski definition) is 11. The Morgan fingerprint density at radius 2 is 1.60 bits per heavy atom. The van der Waals surface area contributed by atoms with Gasteiger partial charge in [0.05, 0.1) is 31.9 Å². The van der Waals surface area contributed by atoms with Gasteiger partial charge in [-0.3, -0.25) is 33.9 Å². The van der Waals surface area contributed by atoms with E-state index in [-0.39, 0.29) is 23.1 Å². The number of nitriles is 1. The normalized spacial score (nSPS) is 14.6. The van der Waals surface area contributed by atoms with Crippen LogP contribution < -0.4 is 15.0 Å². The third-order valence-electron chi connectivity index (χ3n) is 11.5. The van der Waals surface area contributed by atoms with Crippen molar-refractivity contribution in [2.24, 2.45) is 7.05 Å². The number of carbonyl (C=O) groups is 3. The quantitative estimate of drug-likeness (QED) is 0.0892. The van der Waals surface area contributed by atoms with Gasteiger partial charge in [-0.1, -0.05) is 38.8 Å². The summed E-state index contributed by atoms with van der Waals surface area (Å²) in [5.41, 5.74) is 5.53. The Hall–Kier alpha value is -5.62. The number of ether oxygens (including phenoxy) is 2. The summed E-state index contributed by atoms with van der Waals surface area (Å²) in [6.45, 7) is 11.1. The number of methoxy groups -OCH3 is 2. The summed E-state index contributed by atoms with van der Waals surface area (Å²) in [5, 5.41) is 12.1. The highest BCUT2D eigenvalue weighted by molar-refractivity contribution is 7.10. The van der Waals surface area contributed by atoms with Crippen molar-refractivity contribution in [1.29, 1.82) is 5.26 Å². The molecule has 5 rings (SSSR count). The van der Waals surface area contributed by atoms with E-state index < -0.39 is 17.9 Å². The Labute approximate surface area is 357 Å². The molecule has 60 heavy (non-hydrogen) atoms. The molecule has 2 aromatic carbocycles. The van der Waals surface area contributed by atoms with Gasteiger partial charge in [-0.25, -0.2) is 4.98 Å². The van der Waals surface area contributed by atoms with Crippen LogP contribution in [-0.2, 0) is 23.2 Å². The molecule has 318 valence electrons. The molecule has 0 radical (unpaired) electrons. The van der Waals surface area contributed by atoms with E-state index in [1.165, 1.54) is 22.3 Å². The number of thiazole rings is 1. The molecule has 4 aromatic rings. The van der Waals surface area contributed by atoms with E-state index in [9.17, 15) is 24.4 Å². The lowest BCUT2D eigenvalue weighted by atomic mass is 9.97. The number of aryl methyl sites for hydroxylation is 1. The molecule has 0 saturated carbocycles. The van der Waals surface area contributed by atoms with Crippen LogP contribution in [-0.4, -0.2) is 107 Å². The summed E-state index contributed by atoms with van der Waals surface area (Å²) >= 11 is 1.35. The molecule has 2 aromatic heterocycles. The summed E-state index contributed by atoms with van der Waals surface area (Å²) in [4.78, 5) is 65.3. The van der Waals surface area contributed by atoms with Crippen molar-refractivity contribution in [2.75, 3.05) is 54.5 Å². The summed E-state index contributed by atoms with van der Waals surface area (Å²) in [6.07, 6.45) is 7.81. The monoisotopic (exact) mass is 835 g/mol. The van der Waals surface area contributed by atoms with Crippen molar-refractivity contribution >= 4 is 35.1 Å². The zero-order chi connectivity index (χ0) is 43.7. The first-order chi connectivity index (χ1) is 28.8. The molecule has 2 atom stereocenters. The number of likely N-dealkylation sites (N-methyl/N-ethyl adjacent to an activating group) is 2. The van der Waals surface area contributed by atoms with Crippen LogP contribution in [0, 0.1) is 25.2 Å². The van der Waals surface area contributed by atoms with Gasteiger partial charge in [0.1, 0.15) is 28.1 Å². The van der Waals surface area contributed by atoms with Crippen molar-refractivity contribution in [3.63, 3.8) is 0 Å². The smallest absolute Gasteiger partial charge is 0.264 e. The average molecular weight is 836 g/mol. The molecule has 3 heterocycles. The van der Waals surface area contributed by atoms with Crippen LogP contribution in [0.2, 0.25) is 0 Å². The number of benzene rings is 2. The highest BCUT2D eigenvalue weighted by Gasteiger charge is 2.34. The van der Waals surface area contributed by atoms with Crippen LogP contribution in [0.5, 0.6) is 11.5 Å². The summed E-state index contributed by atoms with van der Waals surface area (Å²) in [5.74, 6) is 0.342. The number of piperazine rings is 1. The van der Waals surface area contributed by atoms with Gasteiger partial charge in [0, 0.05) is 88.3 Å². The van der Waals surface area contributed by atoms with E-state index in [2.05, 4.69) is 14.8 Å². The molecular formula is C46H57N7O6S. The van der Waals surface area contributed by atoms with Gasteiger partial charge in [-0.15, -0.1) is 11.3 Å². The molecule has 0 N–H and O–H groups in total. The molecule has 0 bridgehead atoms.